The van der Waals surface area contributed by atoms with Gasteiger partial charge < -0.3 is 20.1 Å². The fourth-order valence-electron chi connectivity index (χ4n) is 1.58. The molecule has 0 radical (unpaired) electrons. The van der Waals surface area contributed by atoms with Gasteiger partial charge in [-0.05, 0) is 20.8 Å². The molecule has 2 N–H and O–H groups in total. The SMILES string of the molecule is CC(C)(C)N(C[C@@H]1CNCCO1)C(=O)O. The molecule has 0 aromatic carbocycles. The highest BCUT2D eigenvalue weighted by Gasteiger charge is 2.29. The lowest BCUT2D eigenvalue weighted by Crippen LogP contribution is -2.52. The molecule has 1 aliphatic rings. The molecule has 15 heavy (non-hydrogen) atoms. The first-order chi connectivity index (χ1) is 6.91. The Bertz CT molecular complexity index is 219. The Morgan fingerprint density at radius 1 is 1.60 bits per heavy atom. The van der Waals surface area contributed by atoms with E-state index in [1.807, 2.05) is 20.8 Å². The number of carboxylic acid groups (broad SMARTS) is 1. The maximum atomic E-state index is 11.1. The number of amides is 1. The molecule has 1 heterocycles. The highest BCUT2D eigenvalue weighted by molar-refractivity contribution is 5.66. The molecule has 0 unspecified atom stereocenters. The highest BCUT2D eigenvalue weighted by atomic mass is 16.5. The average molecular weight is 216 g/mol. The van der Waals surface area contributed by atoms with E-state index in [-0.39, 0.29) is 11.6 Å². The first-order valence-corrected chi connectivity index (χ1v) is 5.24. The molecule has 0 bridgehead atoms. The van der Waals surface area contributed by atoms with E-state index in [4.69, 9.17) is 9.84 Å². The first kappa shape index (κ1) is 12.3. The predicted molar refractivity (Wildman–Crippen MR) is 57.1 cm³/mol. The van der Waals surface area contributed by atoms with Crippen LogP contribution in [0.25, 0.3) is 0 Å². The van der Waals surface area contributed by atoms with Crippen LogP contribution in [0.3, 0.4) is 0 Å². The van der Waals surface area contributed by atoms with Crippen LogP contribution < -0.4 is 5.32 Å². The van der Waals surface area contributed by atoms with Gasteiger partial charge in [0.25, 0.3) is 0 Å². The van der Waals surface area contributed by atoms with Crippen molar-refractivity contribution in [2.45, 2.75) is 32.4 Å². The van der Waals surface area contributed by atoms with Crippen molar-refractivity contribution in [1.82, 2.24) is 10.2 Å². The lowest BCUT2D eigenvalue weighted by molar-refractivity contribution is -0.00843. The molecule has 1 amide bonds. The Labute approximate surface area is 90.4 Å². The van der Waals surface area contributed by atoms with Gasteiger partial charge in [0, 0.05) is 18.6 Å². The maximum Gasteiger partial charge on any atom is 0.407 e. The van der Waals surface area contributed by atoms with E-state index >= 15 is 0 Å². The third-order valence-electron chi connectivity index (χ3n) is 2.43. The largest absolute Gasteiger partial charge is 0.465 e. The number of morpholine rings is 1. The smallest absolute Gasteiger partial charge is 0.407 e. The van der Waals surface area contributed by atoms with Crippen molar-refractivity contribution in [3.63, 3.8) is 0 Å². The van der Waals surface area contributed by atoms with Crippen LogP contribution in [0.5, 0.6) is 0 Å². The first-order valence-electron chi connectivity index (χ1n) is 5.24. The van der Waals surface area contributed by atoms with Gasteiger partial charge >= 0.3 is 6.09 Å². The molecular formula is C10H20N2O3. The molecule has 1 aliphatic heterocycles. The minimum Gasteiger partial charge on any atom is -0.465 e. The van der Waals surface area contributed by atoms with Gasteiger partial charge in [-0.15, -0.1) is 0 Å². The fourth-order valence-corrected chi connectivity index (χ4v) is 1.58. The summed E-state index contributed by atoms with van der Waals surface area (Å²) >= 11 is 0. The summed E-state index contributed by atoms with van der Waals surface area (Å²) in [6.45, 7) is 8.30. The van der Waals surface area contributed by atoms with Crippen LogP contribution in [-0.2, 0) is 4.74 Å². The van der Waals surface area contributed by atoms with Gasteiger partial charge in [-0.3, -0.25) is 0 Å². The van der Waals surface area contributed by atoms with E-state index in [0.717, 1.165) is 13.1 Å². The van der Waals surface area contributed by atoms with Crippen molar-refractivity contribution < 1.29 is 14.6 Å². The zero-order valence-corrected chi connectivity index (χ0v) is 9.62. The van der Waals surface area contributed by atoms with Crippen molar-refractivity contribution in [1.29, 1.82) is 0 Å². The predicted octanol–water partition coefficient (Wildman–Crippen LogP) is 0.753. The number of hydrogen-bond acceptors (Lipinski definition) is 3. The summed E-state index contributed by atoms with van der Waals surface area (Å²) in [6.07, 6.45) is -0.925. The Hall–Kier alpha value is -0.810. The topological polar surface area (TPSA) is 61.8 Å². The van der Waals surface area contributed by atoms with Gasteiger partial charge in [-0.1, -0.05) is 0 Å². The summed E-state index contributed by atoms with van der Waals surface area (Å²) in [5.74, 6) is 0. The molecule has 5 nitrogen and oxygen atoms in total. The molecule has 0 aliphatic carbocycles. The molecule has 0 spiro atoms. The van der Waals surface area contributed by atoms with Crippen molar-refractivity contribution in [3.05, 3.63) is 0 Å². The van der Waals surface area contributed by atoms with Gasteiger partial charge in [0.05, 0.1) is 19.3 Å². The van der Waals surface area contributed by atoms with Crippen molar-refractivity contribution in [2.24, 2.45) is 0 Å². The van der Waals surface area contributed by atoms with Crippen LogP contribution in [0, 0.1) is 0 Å². The second-order valence-electron chi connectivity index (χ2n) is 4.76. The van der Waals surface area contributed by atoms with Crippen molar-refractivity contribution >= 4 is 6.09 Å². The molecule has 1 atom stereocenters. The zero-order chi connectivity index (χ0) is 11.5. The second kappa shape index (κ2) is 4.81. The average Bonchev–Trinajstić information content (AvgIpc) is 2.13. The number of ether oxygens (including phenoxy) is 1. The summed E-state index contributed by atoms with van der Waals surface area (Å²) in [5.41, 5.74) is -0.382. The number of carbonyl (C=O) groups is 1. The molecule has 0 aromatic rings. The quantitative estimate of drug-likeness (QED) is 0.715. The van der Waals surface area contributed by atoms with Gasteiger partial charge in [0.15, 0.2) is 0 Å². The van der Waals surface area contributed by atoms with E-state index in [0.29, 0.717) is 13.2 Å². The third-order valence-corrected chi connectivity index (χ3v) is 2.43. The van der Waals surface area contributed by atoms with Gasteiger partial charge in [-0.2, -0.15) is 0 Å². The monoisotopic (exact) mass is 216 g/mol. The van der Waals surface area contributed by atoms with Gasteiger partial charge in [-0.25, -0.2) is 4.79 Å². The van der Waals surface area contributed by atoms with Gasteiger partial charge in [0.2, 0.25) is 0 Å². The number of rotatable bonds is 2. The normalized spacial score (nSPS) is 22.5. The molecule has 0 aromatic heterocycles. The van der Waals surface area contributed by atoms with Crippen LogP contribution >= 0.6 is 0 Å². The Morgan fingerprint density at radius 3 is 2.67 bits per heavy atom. The van der Waals surface area contributed by atoms with E-state index in [2.05, 4.69) is 5.32 Å². The summed E-state index contributed by atoms with van der Waals surface area (Å²) < 4.78 is 5.49. The molecular weight excluding hydrogens is 196 g/mol. The minimum absolute atomic E-state index is 0.0333. The zero-order valence-electron chi connectivity index (χ0n) is 9.62. The summed E-state index contributed by atoms with van der Waals surface area (Å²) in [4.78, 5) is 12.5. The standard InChI is InChI=1S/C10H20N2O3/c1-10(2,3)12(9(13)14)7-8-6-11-4-5-15-8/h8,11H,4-7H2,1-3H3,(H,13,14)/t8-/m0/s1. The minimum atomic E-state index is -0.892. The molecule has 1 rings (SSSR count). The molecule has 5 heteroatoms. The highest BCUT2D eigenvalue weighted by Crippen LogP contribution is 2.15. The molecule has 1 saturated heterocycles. The summed E-state index contributed by atoms with van der Waals surface area (Å²) in [6, 6.07) is 0. The van der Waals surface area contributed by atoms with Crippen molar-refractivity contribution in [2.75, 3.05) is 26.2 Å². The summed E-state index contributed by atoms with van der Waals surface area (Å²) in [5, 5.41) is 12.3. The number of hydrogen-bond donors (Lipinski definition) is 2. The summed E-state index contributed by atoms with van der Waals surface area (Å²) in [7, 11) is 0. The molecule has 1 fully saturated rings. The van der Waals surface area contributed by atoms with E-state index in [1.54, 1.807) is 0 Å². The van der Waals surface area contributed by atoms with Crippen LogP contribution in [0.15, 0.2) is 0 Å². The van der Waals surface area contributed by atoms with Crippen LogP contribution in [0.2, 0.25) is 0 Å². The fraction of sp³-hybridized carbons (Fsp3) is 0.900. The van der Waals surface area contributed by atoms with Gasteiger partial charge in [0.1, 0.15) is 0 Å². The lowest BCUT2D eigenvalue weighted by Gasteiger charge is -2.36. The Balaban J connectivity index is 2.54. The Kier molecular flexibility index (Phi) is 3.93. The maximum absolute atomic E-state index is 11.1. The Morgan fingerprint density at radius 2 is 2.27 bits per heavy atom. The number of nitrogens with zero attached hydrogens (tertiary/aromatic N) is 1. The second-order valence-corrected chi connectivity index (χ2v) is 4.76. The van der Waals surface area contributed by atoms with E-state index in [9.17, 15) is 4.79 Å². The van der Waals surface area contributed by atoms with Crippen LogP contribution in [0.1, 0.15) is 20.8 Å². The van der Waals surface area contributed by atoms with E-state index in [1.165, 1.54) is 4.90 Å². The van der Waals surface area contributed by atoms with Crippen LogP contribution in [0.4, 0.5) is 4.79 Å². The van der Waals surface area contributed by atoms with Crippen LogP contribution in [-0.4, -0.2) is 54.0 Å². The van der Waals surface area contributed by atoms with E-state index < -0.39 is 6.09 Å². The van der Waals surface area contributed by atoms with Crippen molar-refractivity contribution in [3.8, 4) is 0 Å². The lowest BCUT2D eigenvalue weighted by atomic mass is 10.1. The number of nitrogens with one attached hydrogen (secondary N) is 1. The third kappa shape index (κ3) is 3.68. The molecule has 0 saturated carbocycles. The molecule has 88 valence electrons.